The van der Waals surface area contributed by atoms with Gasteiger partial charge in [0.2, 0.25) is 0 Å². The van der Waals surface area contributed by atoms with Crippen molar-refractivity contribution >= 4 is 5.91 Å². The Morgan fingerprint density at radius 3 is 2.69 bits per heavy atom. The third kappa shape index (κ3) is 4.38. The highest BCUT2D eigenvalue weighted by molar-refractivity contribution is 5.86. The van der Waals surface area contributed by atoms with Crippen LogP contribution in [0.1, 0.15) is 31.0 Å². The van der Waals surface area contributed by atoms with Gasteiger partial charge in [-0.2, -0.15) is 0 Å². The molecule has 6 nitrogen and oxygen atoms in total. The smallest absolute Gasteiger partial charge is 0.264 e. The summed E-state index contributed by atoms with van der Waals surface area (Å²) >= 11 is 0. The third-order valence-electron chi connectivity index (χ3n) is 4.76. The van der Waals surface area contributed by atoms with E-state index in [2.05, 4.69) is 20.6 Å². The first-order valence-electron chi connectivity index (χ1n) is 9.10. The number of nitrogens with zero attached hydrogens (tertiary/aromatic N) is 2. The zero-order chi connectivity index (χ0) is 18.4. The van der Waals surface area contributed by atoms with Gasteiger partial charge in [-0.15, -0.1) is 0 Å². The van der Waals surface area contributed by atoms with E-state index < -0.39 is 5.60 Å². The highest BCUT2D eigenvalue weighted by Gasteiger charge is 2.42. The summed E-state index contributed by atoms with van der Waals surface area (Å²) in [6, 6.07) is 7.66. The highest BCUT2D eigenvalue weighted by Crippen LogP contribution is 2.28. The van der Waals surface area contributed by atoms with Crippen molar-refractivity contribution in [3.05, 3.63) is 54.1 Å². The van der Waals surface area contributed by atoms with Crippen LogP contribution >= 0.6 is 0 Å². The van der Waals surface area contributed by atoms with Crippen molar-refractivity contribution in [3.8, 4) is 5.75 Å². The van der Waals surface area contributed by atoms with Crippen molar-refractivity contribution in [1.29, 1.82) is 0 Å². The molecule has 6 heteroatoms. The van der Waals surface area contributed by atoms with Gasteiger partial charge < -0.3 is 15.4 Å². The minimum atomic E-state index is -0.856. The molecule has 1 amide bonds. The van der Waals surface area contributed by atoms with Gasteiger partial charge in [0.1, 0.15) is 5.75 Å². The second-order valence-corrected chi connectivity index (χ2v) is 6.87. The van der Waals surface area contributed by atoms with E-state index in [0.29, 0.717) is 18.6 Å². The molecule has 0 saturated carbocycles. The summed E-state index contributed by atoms with van der Waals surface area (Å²) in [5.74, 6) is 0.621. The predicted molar refractivity (Wildman–Crippen MR) is 100.0 cm³/mol. The van der Waals surface area contributed by atoms with Crippen molar-refractivity contribution in [2.75, 3.05) is 13.1 Å². The SMILES string of the molecule is Cc1ncccc1OC1(C(=O)NC(C)Cc2ccncc2)CCNCC1. The van der Waals surface area contributed by atoms with Crippen molar-refractivity contribution in [3.63, 3.8) is 0 Å². The Balaban J connectivity index is 1.72. The highest BCUT2D eigenvalue weighted by atomic mass is 16.5. The van der Waals surface area contributed by atoms with E-state index in [1.54, 1.807) is 18.6 Å². The number of amides is 1. The summed E-state index contributed by atoms with van der Waals surface area (Å²) in [4.78, 5) is 21.4. The molecule has 0 bridgehead atoms. The van der Waals surface area contributed by atoms with E-state index in [4.69, 9.17) is 4.74 Å². The van der Waals surface area contributed by atoms with Crippen LogP contribution in [0.3, 0.4) is 0 Å². The minimum Gasteiger partial charge on any atom is -0.475 e. The Morgan fingerprint density at radius 1 is 1.27 bits per heavy atom. The van der Waals surface area contributed by atoms with Gasteiger partial charge in [-0.3, -0.25) is 14.8 Å². The monoisotopic (exact) mass is 354 g/mol. The molecule has 1 saturated heterocycles. The summed E-state index contributed by atoms with van der Waals surface area (Å²) in [6.45, 7) is 5.42. The van der Waals surface area contributed by atoms with Crippen LogP contribution in [0.5, 0.6) is 5.75 Å². The quantitative estimate of drug-likeness (QED) is 0.830. The zero-order valence-corrected chi connectivity index (χ0v) is 15.4. The average molecular weight is 354 g/mol. The molecule has 2 aromatic rings. The molecular formula is C20H26N4O2. The maximum atomic E-state index is 13.1. The molecule has 1 unspecified atom stereocenters. The molecule has 0 aliphatic carbocycles. The molecule has 1 fully saturated rings. The van der Waals surface area contributed by atoms with Crippen LogP contribution in [0.15, 0.2) is 42.9 Å². The number of piperidine rings is 1. The number of rotatable bonds is 6. The lowest BCUT2D eigenvalue weighted by Gasteiger charge is -2.37. The number of hydrogen-bond donors (Lipinski definition) is 2. The van der Waals surface area contributed by atoms with E-state index in [1.807, 2.05) is 38.1 Å². The first-order chi connectivity index (χ1) is 12.6. The molecular weight excluding hydrogens is 328 g/mol. The van der Waals surface area contributed by atoms with Crippen molar-refractivity contribution in [2.24, 2.45) is 0 Å². The van der Waals surface area contributed by atoms with Crippen LogP contribution in [0.2, 0.25) is 0 Å². The standard InChI is InChI=1S/C20H26N4O2/c1-15(14-17-5-10-21-11-6-17)24-19(25)20(7-12-22-13-8-20)26-18-4-3-9-23-16(18)2/h3-6,9-11,15,22H,7-8,12-14H2,1-2H3,(H,24,25). The predicted octanol–water partition coefficient (Wildman–Crippen LogP) is 2.03. The summed E-state index contributed by atoms with van der Waals surface area (Å²) < 4.78 is 6.26. The summed E-state index contributed by atoms with van der Waals surface area (Å²) in [7, 11) is 0. The van der Waals surface area contributed by atoms with Crippen molar-refractivity contribution in [1.82, 2.24) is 20.6 Å². The topological polar surface area (TPSA) is 76.1 Å². The summed E-state index contributed by atoms with van der Waals surface area (Å²) in [5.41, 5.74) is 1.09. The average Bonchev–Trinajstić information content (AvgIpc) is 2.65. The maximum absolute atomic E-state index is 13.1. The molecule has 0 radical (unpaired) electrons. The first-order valence-corrected chi connectivity index (χ1v) is 9.10. The van der Waals surface area contributed by atoms with Gasteiger partial charge in [0.25, 0.3) is 5.91 Å². The van der Waals surface area contributed by atoms with E-state index >= 15 is 0 Å². The number of pyridine rings is 2. The Labute approximate surface area is 154 Å². The number of aryl methyl sites for hydroxylation is 1. The molecule has 2 aromatic heterocycles. The molecule has 2 N–H and O–H groups in total. The first kappa shape index (κ1) is 18.3. The van der Waals surface area contributed by atoms with Crippen LogP contribution in [0, 0.1) is 6.92 Å². The van der Waals surface area contributed by atoms with Gasteiger partial charge in [0, 0.05) is 37.5 Å². The number of aromatic nitrogens is 2. The molecule has 3 rings (SSSR count). The number of carbonyl (C=O) groups is 1. The Bertz CT molecular complexity index is 730. The largest absolute Gasteiger partial charge is 0.475 e. The van der Waals surface area contributed by atoms with Crippen LogP contribution in [-0.2, 0) is 11.2 Å². The number of carbonyl (C=O) groups excluding carboxylic acids is 1. The molecule has 138 valence electrons. The fraction of sp³-hybridized carbons (Fsp3) is 0.450. The molecule has 0 spiro atoms. The second kappa shape index (κ2) is 8.27. The second-order valence-electron chi connectivity index (χ2n) is 6.87. The van der Waals surface area contributed by atoms with E-state index in [9.17, 15) is 4.79 Å². The summed E-state index contributed by atoms with van der Waals surface area (Å²) in [5, 5.41) is 6.45. The Morgan fingerprint density at radius 2 is 2.00 bits per heavy atom. The van der Waals surface area contributed by atoms with Crippen LogP contribution in [-0.4, -0.2) is 40.6 Å². The zero-order valence-electron chi connectivity index (χ0n) is 15.4. The third-order valence-corrected chi connectivity index (χ3v) is 4.76. The van der Waals surface area contributed by atoms with Gasteiger partial charge >= 0.3 is 0 Å². The Hall–Kier alpha value is -2.47. The van der Waals surface area contributed by atoms with Crippen LogP contribution in [0.25, 0.3) is 0 Å². The molecule has 0 aromatic carbocycles. The lowest BCUT2D eigenvalue weighted by Crippen LogP contribution is -2.58. The fourth-order valence-electron chi connectivity index (χ4n) is 3.27. The number of ether oxygens (including phenoxy) is 1. The van der Waals surface area contributed by atoms with Crippen molar-refractivity contribution in [2.45, 2.75) is 44.8 Å². The normalized spacial score (nSPS) is 17.3. The molecule has 1 aliphatic heterocycles. The van der Waals surface area contributed by atoms with Gasteiger partial charge in [0.15, 0.2) is 5.60 Å². The fourth-order valence-corrected chi connectivity index (χ4v) is 3.27. The minimum absolute atomic E-state index is 0.00950. The van der Waals surface area contributed by atoms with Gasteiger partial charge in [0.05, 0.1) is 5.69 Å². The summed E-state index contributed by atoms with van der Waals surface area (Å²) in [6.07, 6.45) is 7.30. The van der Waals surface area contributed by atoms with Gasteiger partial charge in [-0.1, -0.05) is 0 Å². The number of nitrogens with one attached hydrogen (secondary N) is 2. The maximum Gasteiger partial charge on any atom is 0.264 e. The van der Waals surface area contributed by atoms with E-state index in [0.717, 1.165) is 30.8 Å². The molecule has 1 aliphatic rings. The molecule has 3 heterocycles. The van der Waals surface area contributed by atoms with Crippen molar-refractivity contribution < 1.29 is 9.53 Å². The lowest BCUT2D eigenvalue weighted by atomic mass is 9.90. The van der Waals surface area contributed by atoms with Crippen LogP contribution < -0.4 is 15.4 Å². The van der Waals surface area contributed by atoms with E-state index in [-0.39, 0.29) is 11.9 Å². The van der Waals surface area contributed by atoms with Crippen LogP contribution in [0.4, 0.5) is 0 Å². The van der Waals surface area contributed by atoms with Gasteiger partial charge in [-0.05, 0) is 63.2 Å². The van der Waals surface area contributed by atoms with Gasteiger partial charge in [-0.25, -0.2) is 0 Å². The molecule has 26 heavy (non-hydrogen) atoms. The molecule has 1 atom stereocenters. The number of hydrogen-bond acceptors (Lipinski definition) is 5. The van der Waals surface area contributed by atoms with E-state index in [1.165, 1.54) is 0 Å². The lowest BCUT2D eigenvalue weighted by molar-refractivity contribution is -0.140. The Kier molecular flexibility index (Phi) is 5.83.